The molecule has 0 unspecified atom stereocenters. The van der Waals surface area contributed by atoms with Crippen LogP contribution < -0.4 is 9.80 Å². The molecule has 3 aliphatic rings. The Hall–Kier alpha value is -2.99. The summed E-state index contributed by atoms with van der Waals surface area (Å²) in [4.78, 5) is 29.8. The Kier molecular flexibility index (Phi) is 6.63. The first kappa shape index (κ1) is 25.3. The van der Waals surface area contributed by atoms with Crippen LogP contribution >= 0.6 is 11.3 Å². The Labute approximate surface area is 222 Å². The lowest BCUT2D eigenvalue weighted by atomic mass is 10.1. The van der Waals surface area contributed by atoms with Crippen LogP contribution in [-0.4, -0.2) is 59.1 Å². The Balaban J connectivity index is 1.28. The van der Waals surface area contributed by atoms with Crippen molar-refractivity contribution in [2.75, 3.05) is 49.1 Å². The van der Waals surface area contributed by atoms with Gasteiger partial charge in [0.15, 0.2) is 0 Å². The zero-order chi connectivity index (χ0) is 26.4. The van der Waals surface area contributed by atoms with Crippen molar-refractivity contribution in [2.45, 2.75) is 51.2 Å². The lowest BCUT2D eigenvalue weighted by Crippen LogP contribution is -2.47. The number of fused-ring (bicyclic) bond motifs is 3. The third-order valence-electron chi connectivity index (χ3n) is 7.82. The van der Waals surface area contributed by atoms with Gasteiger partial charge in [-0.2, -0.15) is 13.2 Å². The fourth-order valence-corrected chi connectivity index (χ4v) is 7.18. The summed E-state index contributed by atoms with van der Waals surface area (Å²) in [7, 11) is 0. The number of piperidine rings is 1. The zero-order valence-electron chi connectivity index (χ0n) is 21.0. The molecule has 0 bridgehead atoms. The molecule has 0 atom stereocenters. The van der Waals surface area contributed by atoms with Crippen molar-refractivity contribution >= 4 is 38.7 Å². The number of halogens is 3. The average molecular weight is 547 g/mol. The van der Waals surface area contributed by atoms with Crippen LogP contribution in [0.15, 0.2) is 18.2 Å². The van der Waals surface area contributed by atoms with E-state index in [0.717, 1.165) is 66.8 Å². The van der Waals surface area contributed by atoms with E-state index >= 15 is 0 Å². The van der Waals surface area contributed by atoms with E-state index in [1.54, 1.807) is 16.2 Å². The molecular formula is C26H29F3N6O2S. The maximum atomic E-state index is 13.2. The first-order valence-electron chi connectivity index (χ1n) is 13.2. The van der Waals surface area contributed by atoms with E-state index in [1.807, 2.05) is 0 Å². The molecule has 12 heteroatoms. The highest BCUT2D eigenvalue weighted by atomic mass is 32.1. The summed E-state index contributed by atoms with van der Waals surface area (Å²) in [5, 5.41) is 12.8. The van der Waals surface area contributed by atoms with Gasteiger partial charge in [0.05, 0.1) is 22.4 Å². The number of aromatic nitrogens is 2. The number of hydrogen-bond acceptors (Lipinski definition) is 8. The van der Waals surface area contributed by atoms with Crippen molar-refractivity contribution in [1.29, 1.82) is 0 Å². The number of rotatable bonds is 5. The monoisotopic (exact) mass is 546 g/mol. The highest BCUT2D eigenvalue weighted by Crippen LogP contribution is 2.42. The van der Waals surface area contributed by atoms with Gasteiger partial charge in [-0.15, -0.1) is 11.3 Å². The zero-order valence-corrected chi connectivity index (χ0v) is 21.8. The maximum absolute atomic E-state index is 13.2. The van der Waals surface area contributed by atoms with Crippen LogP contribution in [0.2, 0.25) is 0 Å². The third kappa shape index (κ3) is 4.79. The van der Waals surface area contributed by atoms with Crippen LogP contribution in [0.4, 0.5) is 30.4 Å². The van der Waals surface area contributed by atoms with Crippen molar-refractivity contribution in [3.8, 4) is 0 Å². The Bertz CT molecular complexity index is 1360. The second-order valence-corrected chi connectivity index (χ2v) is 11.4. The fourth-order valence-electron chi connectivity index (χ4n) is 5.91. The summed E-state index contributed by atoms with van der Waals surface area (Å²) >= 11 is 1.77. The topological polar surface area (TPSA) is 78.6 Å². The largest absolute Gasteiger partial charge is 0.416 e. The predicted molar refractivity (Wildman–Crippen MR) is 141 cm³/mol. The summed E-state index contributed by atoms with van der Waals surface area (Å²) in [5.74, 6) is 1.76. The Morgan fingerprint density at radius 3 is 2.39 bits per heavy atom. The second-order valence-electron chi connectivity index (χ2n) is 10.3. The molecule has 0 radical (unpaired) electrons. The lowest BCUT2D eigenvalue weighted by molar-refractivity contribution is -0.384. The van der Waals surface area contributed by atoms with Gasteiger partial charge in [0.25, 0.3) is 5.69 Å². The number of nitro benzene ring substituents is 1. The molecule has 0 spiro atoms. The summed E-state index contributed by atoms with van der Waals surface area (Å²) < 4.78 is 39.5. The van der Waals surface area contributed by atoms with Crippen molar-refractivity contribution in [2.24, 2.45) is 0 Å². The summed E-state index contributed by atoms with van der Waals surface area (Å²) in [6, 6.07) is 2.78. The van der Waals surface area contributed by atoms with Gasteiger partial charge in [-0.3, -0.25) is 15.0 Å². The van der Waals surface area contributed by atoms with Crippen LogP contribution in [0.5, 0.6) is 0 Å². The van der Waals surface area contributed by atoms with E-state index < -0.39 is 22.4 Å². The highest BCUT2D eigenvalue weighted by molar-refractivity contribution is 7.19. The van der Waals surface area contributed by atoms with Crippen molar-refractivity contribution in [3.05, 3.63) is 50.1 Å². The standard InChI is InChI=1S/C26H29F3N6O2S/c27-26(28,29)17-7-8-19(20(15-17)35(36)37)33-11-13-34(14-12-33)24-23-18-5-4-6-21(18)38-25(23)31-22(30-24)16-32-9-2-1-3-10-32/h7-8,15H,1-6,9-14,16H2. The molecular weight excluding hydrogens is 517 g/mol. The molecule has 2 aromatic heterocycles. The van der Waals surface area contributed by atoms with Crippen LogP contribution in [0, 0.1) is 10.1 Å². The van der Waals surface area contributed by atoms with Gasteiger partial charge in [0.1, 0.15) is 22.2 Å². The number of likely N-dealkylation sites (tertiary alicyclic amines) is 1. The quantitative estimate of drug-likeness (QED) is 0.312. The number of alkyl halides is 3. The van der Waals surface area contributed by atoms with E-state index in [2.05, 4.69) is 9.80 Å². The minimum absolute atomic E-state index is 0.220. The SMILES string of the molecule is O=[N+]([O-])c1cc(C(F)(F)F)ccc1N1CCN(c2nc(CN3CCCCC3)nc3sc4c(c23)CCC4)CC1. The van der Waals surface area contributed by atoms with E-state index in [9.17, 15) is 23.3 Å². The van der Waals surface area contributed by atoms with Crippen LogP contribution in [-0.2, 0) is 25.6 Å². The van der Waals surface area contributed by atoms with Gasteiger partial charge in [-0.25, -0.2) is 9.97 Å². The van der Waals surface area contributed by atoms with Gasteiger partial charge in [0, 0.05) is 37.1 Å². The molecule has 6 rings (SSSR count). The minimum atomic E-state index is -4.63. The Morgan fingerprint density at radius 1 is 0.947 bits per heavy atom. The van der Waals surface area contributed by atoms with E-state index in [0.29, 0.717) is 32.2 Å². The van der Waals surface area contributed by atoms with Gasteiger partial charge in [0.2, 0.25) is 0 Å². The molecule has 0 saturated carbocycles. The molecule has 202 valence electrons. The molecule has 1 aromatic carbocycles. The smallest absolute Gasteiger partial charge is 0.362 e. The van der Waals surface area contributed by atoms with E-state index in [4.69, 9.17) is 9.97 Å². The molecule has 3 aromatic rings. The molecule has 2 saturated heterocycles. The van der Waals surface area contributed by atoms with E-state index in [1.165, 1.54) is 35.8 Å². The average Bonchev–Trinajstić information content (AvgIpc) is 3.49. The number of anilines is 2. The number of hydrogen-bond donors (Lipinski definition) is 0. The van der Waals surface area contributed by atoms with Gasteiger partial charge < -0.3 is 9.80 Å². The summed E-state index contributed by atoms with van der Waals surface area (Å²) in [6.45, 7) is 4.88. The molecule has 1 aliphatic carbocycles. The number of aryl methyl sites for hydroxylation is 2. The van der Waals surface area contributed by atoms with Gasteiger partial charge in [-0.1, -0.05) is 6.42 Å². The molecule has 0 amide bonds. The normalized spacial score (nSPS) is 18.8. The lowest BCUT2D eigenvalue weighted by Gasteiger charge is -2.37. The van der Waals surface area contributed by atoms with Crippen LogP contribution in [0.25, 0.3) is 10.2 Å². The van der Waals surface area contributed by atoms with Gasteiger partial charge in [-0.05, 0) is 62.9 Å². The number of piperazine rings is 1. The Morgan fingerprint density at radius 2 is 1.68 bits per heavy atom. The van der Waals surface area contributed by atoms with Gasteiger partial charge >= 0.3 is 6.18 Å². The predicted octanol–water partition coefficient (Wildman–Crippen LogP) is 5.42. The van der Waals surface area contributed by atoms with E-state index in [-0.39, 0.29) is 5.69 Å². The molecule has 2 fully saturated rings. The number of nitrogens with zero attached hydrogens (tertiary/aromatic N) is 6. The minimum Gasteiger partial charge on any atom is -0.362 e. The van der Waals surface area contributed by atoms with Crippen molar-refractivity contribution in [1.82, 2.24) is 14.9 Å². The van der Waals surface area contributed by atoms with Crippen molar-refractivity contribution < 1.29 is 18.1 Å². The first-order valence-corrected chi connectivity index (χ1v) is 14.0. The first-order chi connectivity index (χ1) is 18.3. The third-order valence-corrected chi connectivity index (χ3v) is 9.01. The maximum Gasteiger partial charge on any atom is 0.416 e. The molecule has 2 aliphatic heterocycles. The highest BCUT2D eigenvalue weighted by Gasteiger charge is 2.35. The number of nitro groups is 1. The molecule has 8 nitrogen and oxygen atoms in total. The second kappa shape index (κ2) is 9.96. The van der Waals surface area contributed by atoms with Crippen molar-refractivity contribution in [3.63, 3.8) is 0 Å². The van der Waals surface area contributed by atoms with Crippen LogP contribution in [0.1, 0.15) is 47.5 Å². The summed E-state index contributed by atoms with van der Waals surface area (Å²) in [6.07, 6.45) is 2.25. The molecule has 4 heterocycles. The fraction of sp³-hybridized carbons (Fsp3) is 0.538. The molecule has 38 heavy (non-hydrogen) atoms. The molecule has 0 N–H and O–H groups in total. The number of thiophene rings is 1. The number of benzene rings is 1. The summed E-state index contributed by atoms with van der Waals surface area (Å²) in [5.41, 5.74) is 0.0442. The van der Waals surface area contributed by atoms with Crippen LogP contribution in [0.3, 0.4) is 0 Å².